The van der Waals surface area contributed by atoms with E-state index in [9.17, 15) is 0 Å². The lowest BCUT2D eigenvalue weighted by Gasteiger charge is -2.28. The summed E-state index contributed by atoms with van der Waals surface area (Å²) in [5, 5.41) is 10.4. The van der Waals surface area contributed by atoms with E-state index in [-0.39, 0.29) is 12.1 Å². The predicted molar refractivity (Wildman–Crippen MR) is 105 cm³/mol. The van der Waals surface area contributed by atoms with Crippen LogP contribution < -0.4 is 20.5 Å². The number of aromatic nitrogens is 5. The number of nitrogens with one attached hydrogen (secondary N) is 2. The van der Waals surface area contributed by atoms with Crippen LogP contribution in [0.5, 0.6) is 11.5 Å². The first-order valence-corrected chi connectivity index (χ1v) is 9.26. The van der Waals surface area contributed by atoms with Gasteiger partial charge in [0.15, 0.2) is 11.6 Å². The van der Waals surface area contributed by atoms with Crippen molar-refractivity contribution in [3.8, 4) is 22.8 Å². The lowest BCUT2D eigenvalue weighted by Crippen LogP contribution is -2.33. The molecule has 0 aliphatic heterocycles. The summed E-state index contributed by atoms with van der Waals surface area (Å²) in [5.74, 6) is 2.47. The Hall–Kier alpha value is -3.20. The van der Waals surface area contributed by atoms with Crippen molar-refractivity contribution >= 4 is 11.6 Å². The third kappa shape index (κ3) is 4.04. The summed E-state index contributed by atoms with van der Waals surface area (Å²) < 4.78 is 11.8. The molecule has 0 unspecified atom stereocenters. The number of nitrogens with zero attached hydrogens (tertiary/aromatic N) is 4. The molecule has 0 spiro atoms. The van der Waals surface area contributed by atoms with Crippen molar-refractivity contribution in [2.75, 3.05) is 12.4 Å². The summed E-state index contributed by atoms with van der Waals surface area (Å²) in [5.41, 5.74) is 7.63. The Morgan fingerprint density at radius 1 is 1.11 bits per heavy atom. The van der Waals surface area contributed by atoms with Crippen LogP contribution in [0.4, 0.5) is 11.6 Å². The van der Waals surface area contributed by atoms with Gasteiger partial charge in [-0.25, -0.2) is 4.98 Å². The van der Waals surface area contributed by atoms with Crippen molar-refractivity contribution in [2.24, 2.45) is 5.73 Å². The molecule has 0 amide bonds. The Bertz CT molecular complexity index is 916. The lowest BCUT2D eigenvalue weighted by atomic mass is 9.93. The number of methoxy groups -OCH3 is 1. The monoisotopic (exact) mass is 381 g/mol. The van der Waals surface area contributed by atoms with Gasteiger partial charge in [0.1, 0.15) is 17.7 Å². The van der Waals surface area contributed by atoms with E-state index in [0.717, 1.165) is 36.9 Å². The third-order valence-electron chi connectivity index (χ3n) is 4.72. The third-order valence-corrected chi connectivity index (χ3v) is 4.72. The molecule has 3 aromatic rings. The molecule has 9 heteroatoms. The van der Waals surface area contributed by atoms with Gasteiger partial charge < -0.3 is 20.5 Å². The maximum absolute atomic E-state index is 6.27. The van der Waals surface area contributed by atoms with E-state index in [1.54, 1.807) is 38.1 Å². The minimum absolute atomic E-state index is 0.0662. The van der Waals surface area contributed by atoms with Crippen LogP contribution in [-0.4, -0.2) is 44.4 Å². The summed E-state index contributed by atoms with van der Waals surface area (Å²) in [4.78, 5) is 12.5. The van der Waals surface area contributed by atoms with Crippen LogP contribution in [0.1, 0.15) is 25.7 Å². The summed E-state index contributed by atoms with van der Waals surface area (Å²) in [6.07, 6.45) is 12.2. The molecule has 1 aliphatic rings. The van der Waals surface area contributed by atoms with Gasteiger partial charge in [-0.15, -0.1) is 0 Å². The topological polar surface area (TPSA) is 124 Å². The number of pyridine rings is 1. The van der Waals surface area contributed by atoms with Gasteiger partial charge >= 0.3 is 0 Å². The van der Waals surface area contributed by atoms with Crippen molar-refractivity contribution in [3.63, 3.8) is 0 Å². The van der Waals surface area contributed by atoms with Gasteiger partial charge in [0.25, 0.3) is 0 Å². The van der Waals surface area contributed by atoms with Crippen LogP contribution in [-0.2, 0) is 0 Å². The molecule has 3 aromatic heterocycles. The first-order valence-electron chi connectivity index (χ1n) is 9.26. The minimum atomic E-state index is 0.0662. The summed E-state index contributed by atoms with van der Waals surface area (Å²) in [6, 6.07) is 2.04. The molecule has 1 fully saturated rings. The highest BCUT2D eigenvalue weighted by atomic mass is 16.5. The van der Waals surface area contributed by atoms with Gasteiger partial charge in [-0.2, -0.15) is 5.10 Å². The molecule has 0 saturated heterocycles. The van der Waals surface area contributed by atoms with Gasteiger partial charge in [-0.3, -0.25) is 15.1 Å². The SMILES string of the molecule is COc1cncc(O[C@@H]2CCC[C@H](N)C2)c1-c1cc(Nc2cnccn2)n[nH]1. The smallest absolute Gasteiger partial charge is 0.153 e. The summed E-state index contributed by atoms with van der Waals surface area (Å²) in [6.45, 7) is 0. The van der Waals surface area contributed by atoms with Gasteiger partial charge in [-0.05, 0) is 25.7 Å². The average molecular weight is 381 g/mol. The fraction of sp³-hybridized carbons (Fsp3) is 0.368. The number of H-pyrrole nitrogens is 1. The van der Waals surface area contributed by atoms with Crippen molar-refractivity contribution in [1.82, 2.24) is 25.1 Å². The molecule has 4 N–H and O–H groups in total. The number of rotatable bonds is 6. The Morgan fingerprint density at radius 2 is 2.00 bits per heavy atom. The van der Waals surface area contributed by atoms with Crippen LogP contribution in [0, 0.1) is 0 Å². The lowest BCUT2D eigenvalue weighted by molar-refractivity contribution is 0.144. The zero-order chi connectivity index (χ0) is 19.3. The molecule has 1 aliphatic carbocycles. The molecular weight excluding hydrogens is 358 g/mol. The van der Waals surface area contributed by atoms with E-state index in [4.69, 9.17) is 15.2 Å². The van der Waals surface area contributed by atoms with Crippen molar-refractivity contribution in [1.29, 1.82) is 0 Å². The predicted octanol–water partition coefficient (Wildman–Crippen LogP) is 2.66. The summed E-state index contributed by atoms with van der Waals surface area (Å²) in [7, 11) is 1.61. The van der Waals surface area contributed by atoms with E-state index in [2.05, 4.69) is 30.5 Å². The fourth-order valence-corrected chi connectivity index (χ4v) is 3.41. The summed E-state index contributed by atoms with van der Waals surface area (Å²) >= 11 is 0. The largest absolute Gasteiger partial charge is 0.494 e. The molecule has 1 saturated carbocycles. The molecule has 2 atom stereocenters. The highest BCUT2D eigenvalue weighted by molar-refractivity contribution is 5.75. The van der Waals surface area contributed by atoms with Gasteiger partial charge in [0.2, 0.25) is 0 Å². The molecular formula is C19H23N7O2. The first kappa shape index (κ1) is 18.2. The number of ether oxygens (including phenoxy) is 2. The molecule has 3 heterocycles. The van der Waals surface area contributed by atoms with Crippen molar-refractivity contribution < 1.29 is 9.47 Å². The zero-order valence-corrected chi connectivity index (χ0v) is 15.6. The van der Waals surface area contributed by atoms with E-state index < -0.39 is 0 Å². The van der Waals surface area contributed by atoms with Crippen LogP contribution in [0.2, 0.25) is 0 Å². The van der Waals surface area contributed by atoms with Crippen molar-refractivity contribution in [3.05, 3.63) is 37.1 Å². The van der Waals surface area contributed by atoms with Crippen LogP contribution in [0.25, 0.3) is 11.3 Å². The number of hydrogen-bond donors (Lipinski definition) is 3. The van der Waals surface area contributed by atoms with E-state index in [1.807, 2.05) is 6.07 Å². The Kier molecular flexibility index (Phi) is 5.34. The quantitative estimate of drug-likeness (QED) is 0.595. The number of aromatic amines is 1. The van der Waals surface area contributed by atoms with E-state index >= 15 is 0 Å². The van der Waals surface area contributed by atoms with E-state index in [0.29, 0.717) is 23.1 Å². The van der Waals surface area contributed by atoms with Gasteiger partial charge in [0.05, 0.1) is 37.0 Å². The number of nitrogens with two attached hydrogens (primary N) is 1. The molecule has 4 rings (SSSR count). The second-order valence-corrected chi connectivity index (χ2v) is 6.76. The second-order valence-electron chi connectivity index (χ2n) is 6.76. The fourth-order valence-electron chi connectivity index (χ4n) is 3.41. The van der Waals surface area contributed by atoms with Crippen LogP contribution in [0.15, 0.2) is 37.1 Å². The van der Waals surface area contributed by atoms with Crippen LogP contribution >= 0.6 is 0 Å². The van der Waals surface area contributed by atoms with Crippen LogP contribution in [0.3, 0.4) is 0 Å². The Labute approximate surface area is 162 Å². The zero-order valence-electron chi connectivity index (χ0n) is 15.6. The van der Waals surface area contributed by atoms with Crippen molar-refractivity contribution in [2.45, 2.75) is 37.8 Å². The van der Waals surface area contributed by atoms with Gasteiger partial charge in [-0.1, -0.05) is 0 Å². The highest BCUT2D eigenvalue weighted by Gasteiger charge is 2.24. The first-order chi connectivity index (χ1) is 13.7. The molecule has 0 radical (unpaired) electrons. The standard InChI is InChI=1S/C19H23N7O2/c1-27-15-9-22-10-16(28-13-4-2-3-12(20)7-13)19(15)14-8-17(26-25-14)24-18-11-21-5-6-23-18/h5-6,8-13H,2-4,7,20H2,1H3,(H2,23,24,25,26)/t12-,13+/m0/s1. The minimum Gasteiger partial charge on any atom is -0.494 e. The van der Waals surface area contributed by atoms with E-state index in [1.165, 1.54) is 0 Å². The Morgan fingerprint density at radius 3 is 2.79 bits per heavy atom. The highest BCUT2D eigenvalue weighted by Crippen LogP contribution is 2.38. The Balaban J connectivity index is 1.61. The normalized spacial score (nSPS) is 19.2. The molecule has 9 nitrogen and oxygen atoms in total. The molecule has 28 heavy (non-hydrogen) atoms. The number of hydrogen-bond acceptors (Lipinski definition) is 8. The average Bonchev–Trinajstić information content (AvgIpc) is 3.16. The molecule has 0 aromatic carbocycles. The second kappa shape index (κ2) is 8.22. The molecule has 146 valence electrons. The van der Waals surface area contributed by atoms with Gasteiger partial charge in [0, 0.05) is 24.5 Å². The maximum Gasteiger partial charge on any atom is 0.153 e. The molecule has 0 bridgehead atoms. The number of anilines is 2. The maximum atomic E-state index is 6.27.